The zero-order chi connectivity index (χ0) is 12.0. The van der Waals surface area contributed by atoms with Crippen LogP contribution in [0.5, 0.6) is 0 Å². The quantitative estimate of drug-likeness (QED) is 0.774. The Balaban J connectivity index is 2.66. The Morgan fingerprint density at radius 2 is 2.00 bits per heavy atom. The number of methoxy groups -OCH3 is 1. The third-order valence-electron chi connectivity index (χ3n) is 2.50. The molecule has 0 amide bonds. The van der Waals surface area contributed by atoms with E-state index in [9.17, 15) is 0 Å². The lowest BCUT2D eigenvalue weighted by Gasteiger charge is -2.11. The molecule has 2 atom stereocenters. The zero-order valence-electron chi connectivity index (χ0n) is 10.5. The molecule has 0 aliphatic carbocycles. The van der Waals surface area contributed by atoms with Crippen molar-refractivity contribution in [3.05, 3.63) is 11.8 Å². The van der Waals surface area contributed by atoms with Gasteiger partial charge in [-0.15, -0.1) is 10.2 Å². The van der Waals surface area contributed by atoms with Crippen molar-refractivity contribution in [2.24, 2.45) is 0 Å². The molecular formula is C11H21N3O2. The number of hydrogen-bond acceptors (Lipinski definition) is 5. The van der Waals surface area contributed by atoms with Crippen LogP contribution in [0, 0.1) is 0 Å². The number of aromatic nitrogens is 2. The average Bonchev–Trinajstić information content (AvgIpc) is 2.78. The molecule has 0 fully saturated rings. The van der Waals surface area contributed by atoms with Crippen LogP contribution in [0.2, 0.25) is 0 Å². The first-order valence-corrected chi connectivity index (χ1v) is 5.82. The standard InChI is InChI=1S/C11H21N3O2/c1-5-7-12-9(6-2)11-14-13-10(16-11)8(3)15-4/h8-9,12H,5-7H2,1-4H3. The second-order valence-electron chi connectivity index (χ2n) is 3.77. The molecule has 5 heteroatoms. The summed E-state index contributed by atoms with van der Waals surface area (Å²) in [5.74, 6) is 1.18. The summed E-state index contributed by atoms with van der Waals surface area (Å²) < 4.78 is 10.7. The molecule has 92 valence electrons. The van der Waals surface area contributed by atoms with Gasteiger partial charge in [0.25, 0.3) is 0 Å². The Hall–Kier alpha value is -0.940. The van der Waals surface area contributed by atoms with Gasteiger partial charge in [-0.1, -0.05) is 13.8 Å². The molecule has 0 saturated carbocycles. The molecule has 1 rings (SSSR count). The van der Waals surface area contributed by atoms with Crippen LogP contribution in [-0.4, -0.2) is 23.9 Å². The highest BCUT2D eigenvalue weighted by atomic mass is 16.5. The molecule has 1 heterocycles. The fourth-order valence-electron chi connectivity index (χ4n) is 1.38. The maximum absolute atomic E-state index is 5.58. The topological polar surface area (TPSA) is 60.2 Å². The van der Waals surface area contributed by atoms with Gasteiger partial charge in [-0.3, -0.25) is 0 Å². The zero-order valence-corrected chi connectivity index (χ0v) is 10.5. The van der Waals surface area contributed by atoms with Crippen LogP contribution in [0.3, 0.4) is 0 Å². The van der Waals surface area contributed by atoms with Crippen molar-refractivity contribution in [1.82, 2.24) is 15.5 Å². The molecule has 16 heavy (non-hydrogen) atoms. The number of rotatable bonds is 7. The average molecular weight is 227 g/mol. The summed E-state index contributed by atoms with van der Waals surface area (Å²) in [7, 11) is 1.63. The van der Waals surface area contributed by atoms with Crippen molar-refractivity contribution in [2.45, 2.75) is 45.8 Å². The molecule has 0 aliphatic heterocycles. The van der Waals surface area contributed by atoms with Gasteiger partial charge in [-0.25, -0.2) is 0 Å². The summed E-state index contributed by atoms with van der Waals surface area (Å²) in [6.07, 6.45) is 1.87. The van der Waals surface area contributed by atoms with E-state index >= 15 is 0 Å². The highest BCUT2D eigenvalue weighted by Crippen LogP contribution is 2.19. The molecule has 0 radical (unpaired) electrons. The lowest BCUT2D eigenvalue weighted by Crippen LogP contribution is -2.21. The summed E-state index contributed by atoms with van der Waals surface area (Å²) in [5, 5.41) is 11.4. The maximum atomic E-state index is 5.58. The predicted octanol–water partition coefficient (Wildman–Crippen LogP) is 2.23. The molecule has 0 spiro atoms. The Morgan fingerprint density at radius 3 is 2.56 bits per heavy atom. The molecule has 2 unspecified atom stereocenters. The van der Waals surface area contributed by atoms with E-state index in [0.717, 1.165) is 19.4 Å². The highest BCUT2D eigenvalue weighted by molar-refractivity contribution is 4.91. The summed E-state index contributed by atoms with van der Waals surface area (Å²) in [4.78, 5) is 0. The molecular weight excluding hydrogens is 206 g/mol. The van der Waals surface area contributed by atoms with E-state index in [-0.39, 0.29) is 12.1 Å². The normalized spacial score (nSPS) is 15.0. The second kappa shape index (κ2) is 6.60. The van der Waals surface area contributed by atoms with Crippen LogP contribution in [0.25, 0.3) is 0 Å². The Kier molecular flexibility index (Phi) is 5.42. The van der Waals surface area contributed by atoms with E-state index in [0.29, 0.717) is 11.8 Å². The van der Waals surface area contributed by atoms with E-state index in [1.165, 1.54) is 0 Å². The van der Waals surface area contributed by atoms with Crippen molar-refractivity contribution < 1.29 is 9.15 Å². The molecule has 1 aromatic heterocycles. The summed E-state index contributed by atoms with van der Waals surface area (Å²) in [5.41, 5.74) is 0. The second-order valence-corrected chi connectivity index (χ2v) is 3.77. The molecule has 0 saturated heterocycles. The van der Waals surface area contributed by atoms with E-state index < -0.39 is 0 Å². The van der Waals surface area contributed by atoms with E-state index in [2.05, 4.69) is 29.4 Å². The van der Waals surface area contributed by atoms with Gasteiger partial charge in [0.1, 0.15) is 6.10 Å². The Labute approximate surface area is 96.6 Å². The third kappa shape index (κ3) is 3.28. The predicted molar refractivity (Wildman–Crippen MR) is 61.0 cm³/mol. The lowest BCUT2D eigenvalue weighted by atomic mass is 10.2. The maximum Gasteiger partial charge on any atom is 0.244 e. The van der Waals surface area contributed by atoms with Crippen LogP contribution >= 0.6 is 0 Å². The largest absolute Gasteiger partial charge is 0.421 e. The first-order valence-electron chi connectivity index (χ1n) is 5.82. The van der Waals surface area contributed by atoms with Crippen molar-refractivity contribution in [1.29, 1.82) is 0 Å². The first-order chi connectivity index (χ1) is 7.72. The van der Waals surface area contributed by atoms with Crippen LogP contribution < -0.4 is 5.32 Å². The third-order valence-corrected chi connectivity index (χ3v) is 2.50. The lowest BCUT2D eigenvalue weighted by molar-refractivity contribution is 0.0927. The van der Waals surface area contributed by atoms with Crippen LogP contribution in [-0.2, 0) is 4.74 Å². The van der Waals surface area contributed by atoms with Gasteiger partial charge in [-0.2, -0.15) is 0 Å². The fraction of sp³-hybridized carbons (Fsp3) is 0.818. The molecule has 1 aromatic rings. The molecule has 0 bridgehead atoms. The smallest absolute Gasteiger partial charge is 0.244 e. The van der Waals surface area contributed by atoms with Gasteiger partial charge < -0.3 is 14.5 Å². The van der Waals surface area contributed by atoms with Gasteiger partial charge in [0, 0.05) is 7.11 Å². The molecule has 0 aromatic carbocycles. The van der Waals surface area contributed by atoms with Gasteiger partial charge >= 0.3 is 0 Å². The van der Waals surface area contributed by atoms with E-state index in [4.69, 9.17) is 9.15 Å². The van der Waals surface area contributed by atoms with Crippen LogP contribution in [0.4, 0.5) is 0 Å². The van der Waals surface area contributed by atoms with E-state index in [1.807, 2.05) is 6.92 Å². The van der Waals surface area contributed by atoms with Crippen molar-refractivity contribution in [3.8, 4) is 0 Å². The number of hydrogen-bond donors (Lipinski definition) is 1. The Morgan fingerprint density at radius 1 is 1.31 bits per heavy atom. The summed E-state index contributed by atoms with van der Waals surface area (Å²) in [6.45, 7) is 7.07. The van der Waals surface area contributed by atoms with Crippen LogP contribution in [0.15, 0.2) is 4.42 Å². The van der Waals surface area contributed by atoms with Gasteiger partial charge in [0.05, 0.1) is 6.04 Å². The summed E-state index contributed by atoms with van der Waals surface area (Å²) in [6, 6.07) is 0.144. The molecule has 0 aliphatic rings. The van der Waals surface area contributed by atoms with Crippen molar-refractivity contribution in [3.63, 3.8) is 0 Å². The SMILES string of the molecule is CCCNC(CC)c1nnc(C(C)OC)o1. The summed E-state index contributed by atoms with van der Waals surface area (Å²) >= 11 is 0. The minimum atomic E-state index is -0.148. The highest BCUT2D eigenvalue weighted by Gasteiger charge is 2.18. The van der Waals surface area contributed by atoms with Crippen LogP contribution in [0.1, 0.15) is 57.5 Å². The fourth-order valence-corrected chi connectivity index (χ4v) is 1.38. The Bertz CT molecular complexity index is 301. The van der Waals surface area contributed by atoms with Gasteiger partial charge in [0.2, 0.25) is 11.8 Å². The minimum Gasteiger partial charge on any atom is -0.421 e. The van der Waals surface area contributed by atoms with E-state index in [1.54, 1.807) is 7.11 Å². The van der Waals surface area contributed by atoms with Gasteiger partial charge in [0.15, 0.2) is 0 Å². The number of ether oxygens (including phenoxy) is 1. The first kappa shape index (κ1) is 13.1. The molecule has 5 nitrogen and oxygen atoms in total. The minimum absolute atomic E-state index is 0.144. The van der Waals surface area contributed by atoms with Gasteiger partial charge in [-0.05, 0) is 26.3 Å². The number of nitrogens with one attached hydrogen (secondary N) is 1. The van der Waals surface area contributed by atoms with Crippen molar-refractivity contribution >= 4 is 0 Å². The molecule has 1 N–H and O–H groups in total. The number of nitrogens with zero attached hydrogens (tertiary/aromatic N) is 2. The monoisotopic (exact) mass is 227 g/mol. The van der Waals surface area contributed by atoms with Crippen molar-refractivity contribution in [2.75, 3.05) is 13.7 Å².